The minimum absolute atomic E-state index is 0.257. The molecule has 2 N–H and O–H groups in total. The normalized spacial score (nSPS) is 10.7. The van der Waals surface area contributed by atoms with Gasteiger partial charge in [-0.3, -0.25) is 9.36 Å². The van der Waals surface area contributed by atoms with Gasteiger partial charge in [0.05, 0.1) is 25.0 Å². The first kappa shape index (κ1) is 20.1. The highest BCUT2D eigenvalue weighted by atomic mass is 35.5. The predicted octanol–water partition coefficient (Wildman–Crippen LogP) is 4.78. The molecule has 0 unspecified atom stereocenters. The highest BCUT2D eigenvalue weighted by Gasteiger charge is 2.06. The summed E-state index contributed by atoms with van der Waals surface area (Å²) in [6.07, 6.45) is 5.36. The third kappa shape index (κ3) is 5.22. The van der Waals surface area contributed by atoms with E-state index in [1.165, 1.54) is 12.1 Å². The molecule has 4 rings (SSSR count). The lowest BCUT2D eigenvalue weighted by Gasteiger charge is -2.07. The van der Waals surface area contributed by atoms with Crippen molar-refractivity contribution in [3.63, 3.8) is 0 Å². The van der Waals surface area contributed by atoms with E-state index in [1.54, 1.807) is 27.7 Å². The molecule has 30 heavy (non-hydrogen) atoms. The fourth-order valence-electron chi connectivity index (χ4n) is 2.89. The van der Waals surface area contributed by atoms with Crippen molar-refractivity contribution in [3.8, 4) is 0 Å². The molecule has 0 aliphatic heterocycles. The summed E-state index contributed by atoms with van der Waals surface area (Å²) < 4.78 is 16.5. The molecule has 0 spiro atoms. The number of halogens is 2. The van der Waals surface area contributed by atoms with Crippen molar-refractivity contribution in [1.82, 2.24) is 19.6 Å². The van der Waals surface area contributed by atoms with Crippen LogP contribution >= 0.6 is 23.8 Å². The van der Waals surface area contributed by atoms with Crippen molar-refractivity contribution < 1.29 is 4.39 Å². The highest BCUT2D eigenvalue weighted by molar-refractivity contribution is 7.80. The fourth-order valence-corrected chi connectivity index (χ4v) is 3.31. The summed E-state index contributed by atoms with van der Waals surface area (Å²) >= 11 is 11.6. The maximum Gasteiger partial charge on any atom is 0.176 e. The second kappa shape index (κ2) is 9.06. The van der Waals surface area contributed by atoms with E-state index in [-0.39, 0.29) is 5.82 Å². The molecular formula is C21H18ClFN6S. The lowest BCUT2D eigenvalue weighted by atomic mass is 10.2. The Morgan fingerprint density at radius 3 is 2.60 bits per heavy atom. The average molecular weight is 441 g/mol. The molecule has 2 aromatic carbocycles. The van der Waals surface area contributed by atoms with Crippen LogP contribution in [0.4, 0.5) is 15.9 Å². The molecule has 0 aliphatic carbocycles. The second-order valence-corrected chi connectivity index (χ2v) is 7.44. The van der Waals surface area contributed by atoms with E-state index >= 15 is 0 Å². The molecule has 152 valence electrons. The van der Waals surface area contributed by atoms with Gasteiger partial charge in [-0.15, -0.1) is 0 Å². The maximum atomic E-state index is 13.0. The molecule has 0 saturated heterocycles. The van der Waals surface area contributed by atoms with Gasteiger partial charge in [-0.2, -0.15) is 10.2 Å². The SMILES string of the molecule is Fc1ccc(Cn2cc(NC(=S)Nc3ccn(Cc4ccccc4Cl)n3)cn2)cc1. The first-order valence-corrected chi connectivity index (χ1v) is 9.95. The van der Waals surface area contributed by atoms with Crippen LogP contribution in [-0.2, 0) is 13.1 Å². The lowest BCUT2D eigenvalue weighted by molar-refractivity contribution is 0.624. The van der Waals surface area contributed by atoms with Crippen molar-refractivity contribution in [2.24, 2.45) is 0 Å². The molecule has 0 radical (unpaired) electrons. The molecule has 2 heterocycles. The number of hydrogen-bond donors (Lipinski definition) is 2. The summed E-state index contributed by atoms with van der Waals surface area (Å²) in [5.41, 5.74) is 2.68. The smallest absolute Gasteiger partial charge is 0.176 e. The van der Waals surface area contributed by atoms with Crippen LogP contribution < -0.4 is 10.6 Å². The minimum Gasteiger partial charge on any atom is -0.330 e. The van der Waals surface area contributed by atoms with Gasteiger partial charge in [0, 0.05) is 23.5 Å². The van der Waals surface area contributed by atoms with Crippen LogP contribution in [0.15, 0.2) is 73.2 Å². The van der Waals surface area contributed by atoms with Crippen LogP contribution in [0.1, 0.15) is 11.1 Å². The van der Waals surface area contributed by atoms with Crippen molar-refractivity contribution in [1.29, 1.82) is 0 Å². The summed E-state index contributed by atoms with van der Waals surface area (Å²) in [6, 6.07) is 15.8. The van der Waals surface area contributed by atoms with E-state index in [4.69, 9.17) is 23.8 Å². The highest BCUT2D eigenvalue weighted by Crippen LogP contribution is 2.16. The summed E-state index contributed by atoms with van der Waals surface area (Å²) in [4.78, 5) is 0. The minimum atomic E-state index is -0.257. The summed E-state index contributed by atoms with van der Waals surface area (Å²) in [7, 11) is 0. The Bertz CT molecular complexity index is 1150. The topological polar surface area (TPSA) is 59.7 Å². The van der Waals surface area contributed by atoms with Gasteiger partial charge in [0.1, 0.15) is 5.82 Å². The molecular weight excluding hydrogens is 423 g/mol. The van der Waals surface area contributed by atoms with Crippen molar-refractivity contribution in [2.45, 2.75) is 13.1 Å². The van der Waals surface area contributed by atoms with Crippen LogP contribution in [0, 0.1) is 5.82 Å². The van der Waals surface area contributed by atoms with Crippen LogP contribution in [0.5, 0.6) is 0 Å². The molecule has 0 saturated carbocycles. The number of benzene rings is 2. The van der Waals surface area contributed by atoms with E-state index in [9.17, 15) is 4.39 Å². The largest absolute Gasteiger partial charge is 0.330 e. The number of rotatable bonds is 6. The van der Waals surface area contributed by atoms with Crippen LogP contribution in [0.3, 0.4) is 0 Å². The second-order valence-electron chi connectivity index (χ2n) is 6.62. The molecule has 0 amide bonds. The number of nitrogens with one attached hydrogen (secondary N) is 2. The quantitative estimate of drug-likeness (QED) is 0.423. The molecule has 0 fully saturated rings. The fraction of sp³-hybridized carbons (Fsp3) is 0.0952. The molecule has 2 aromatic heterocycles. The number of aromatic nitrogens is 4. The van der Waals surface area contributed by atoms with Crippen LogP contribution in [0.25, 0.3) is 0 Å². The van der Waals surface area contributed by atoms with Gasteiger partial charge >= 0.3 is 0 Å². The molecule has 4 aromatic rings. The van der Waals surface area contributed by atoms with Crippen LogP contribution in [-0.4, -0.2) is 24.7 Å². The van der Waals surface area contributed by atoms with Gasteiger partial charge in [0.15, 0.2) is 10.9 Å². The molecule has 0 bridgehead atoms. The van der Waals surface area contributed by atoms with E-state index < -0.39 is 0 Å². The van der Waals surface area contributed by atoms with Crippen molar-refractivity contribution in [3.05, 3.63) is 95.2 Å². The Labute approximate surface area is 183 Å². The summed E-state index contributed by atoms with van der Waals surface area (Å²) in [6.45, 7) is 1.10. The Balaban J connectivity index is 1.32. The number of hydrogen-bond acceptors (Lipinski definition) is 3. The number of anilines is 2. The zero-order valence-corrected chi connectivity index (χ0v) is 17.4. The van der Waals surface area contributed by atoms with E-state index in [1.807, 2.05) is 42.7 Å². The van der Waals surface area contributed by atoms with Gasteiger partial charge in [0.25, 0.3) is 0 Å². The number of thiocarbonyl (C=S) groups is 1. The number of nitrogens with zero attached hydrogens (tertiary/aromatic N) is 4. The van der Waals surface area contributed by atoms with Gasteiger partial charge in [-0.25, -0.2) is 4.39 Å². The predicted molar refractivity (Wildman–Crippen MR) is 120 cm³/mol. The van der Waals surface area contributed by atoms with Gasteiger partial charge in [-0.05, 0) is 41.5 Å². The van der Waals surface area contributed by atoms with Crippen molar-refractivity contribution in [2.75, 3.05) is 10.6 Å². The summed E-state index contributed by atoms with van der Waals surface area (Å²) in [5, 5.41) is 16.0. The molecule has 9 heteroatoms. The average Bonchev–Trinajstić information content (AvgIpc) is 3.35. The van der Waals surface area contributed by atoms with Gasteiger partial charge in [0.2, 0.25) is 0 Å². The van der Waals surface area contributed by atoms with Crippen molar-refractivity contribution >= 4 is 40.4 Å². The standard InChI is InChI=1S/C21H18ClFN6S/c22-19-4-2-1-3-16(19)13-28-10-9-20(27-28)26-21(30)25-18-11-24-29(14-18)12-15-5-7-17(23)8-6-15/h1-11,14H,12-13H2,(H2,25,26,27,30). The molecule has 0 aliphatic rings. The Morgan fingerprint density at radius 1 is 1.00 bits per heavy atom. The Morgan fingerprint density at radius 2 is 1.80 bits per heavy atom. The monoisotopic (exact) mass is 440 g/mol. The van der Waals surface area contributed by atoms with Gasteiger partial charge < -0.3 is 10.6 Å². The zero-order valence-electron chi connectivity index (χ0n) is 15.8. The van der Waals surface area contributed by atoms with E-state index in [0.29, 0.717) is 29.0 Å². The third-order valence-corrected chi connectivity index (χ3v) is 4.89. The first-order valence-electron chi connectivity index (χ1n) is 9.17. The summed E-state index contributed by atoms with van der Waals surface area (Å²) in [5.74, 6) is 0.366. The molecule has 0 atom stereocenters. The van der Waals surface area contributed by atoms with E-state index in [0.717, 1.165) is 16.8 Å². The first-order chi connectivity index (χ1) is 14.5. The third-order valence-electron chi connectivity index (χ3n) is 4.32. The molecule has 6 nitrogen and oxygen atoms in total. The Kier molecular flexibility index (Phi) is 6.06. The van der Waals surface area contributed by atoms with Gasteiger partial charge in [-0.1, -0.05) is 41.9 Å². The maximum absolute atomic E-state index is 13.0. The van der Waals surface area contributed by atoms with E-state index in [2.05, 4.69) is 20.8 Å². The zero-order chi connectivity index (χ0) is 20.9. The Hall–Kier alpha value is -3.23. The van der Waals surface area contributed by atoms with Crippen LogP contribution in [0.2, 0.25) is 5.02 Å². The lowest BCUT2D eigenvalue weighted by Crippen LogP contribution is -2.19.